The standard InChI is InChI=1S/C7H14N2/c8-6-3-5-9-4-1-2-7(6)9/h6-7H,1-5,8H2/t6?,7-/m1/s1. The van der Waals surface area contributed by atoms with Gasteiger partial charge in [-0.05, 0) is 25.8 Å². The molecule has 2 rings (SSSR count). The molecule has 0 aromatic rings. The quantitative estimate of drug-likeness (QED) is 0.502. The van der Waals surface area contributed by atoms with Gasteiger partial charge in [-0.3, -0.25) is 4.90 Å². The van der Waals surface area contributed by atoms with Gasteiger partial charge in [-0.25, -0.2) is 0 Å². The number of hydrogen-bond donors (Lipinski definition) is 1. The highest BCUT2D eigenvalue weighted by molar-refractivity contribution is 4.93. The molecule has 9 heavy (non-hydrogen) atoms. The maximum absolute atomic E-state index is 5.88. The van der Waals surface area contributed by atoms with Crippen LogP contribution in [0.3, 0.4) is 0 Å². The summed E-state index contributed by atoms with van der Waals surface area (Å²) in [5.41, 5.74) is 5.88. The summed E-state index contributed by atoms with van der Waals surface area (Å²) in [6.07, 6.45) is 3.95. The van der Waals surface area contributed by atoms with Gasteiger partial charge in [0.15, 0.2) is 0 Å². The van der Waals surface area contributed by atoms with Gasteiger partial charge in [0, 0.05) is 18.6 Å². The van der Waals surface area contributed by atoms with Crippen LogP contribution in [-0.2, 0) is 0 Å². The molecule has 0 bridgehead atoms. The van der Waals surface area contributed by atoms with Crippen LogP contribution in [0.2, 0.25) is 0 Å². The van der Waals surface area contributed by atoms with Crippen molar-refractivity contribution in [2.24, 2.45) is 5.73 Å². The lowest BCUT2D eigenvalue weighted by molar-refractivity contribution is 0.314. The lowest BCUT2D eigenvalue weighted by atomic mass is 10.1. The zero-order valence-electron chi connectivity index (χ0n) is 5.71. The van der Waals surface area contributed by atoms with Gasteiger partial charge in [-0.1, -0.05) is 0 Å². The van der Waals surface area contributed by atoms with Gasteiger partial charge in [-0.2, -0.15) is 0 Å². The fourth-order valence-corrected chi connectivity index (χ4v) is 2.12. The Kier molecular flexibility index (Phi) is 1.24. The molecule has 2 heterocycles. The summed E-state index contributed by atoms with van der Waals surface area (Å²) in [6, 6.07) is 1.25. The largest absolute Gasteiger partial charge is 0.326 e. The molecule has 1 unspecified atom stereocenters. The van der Waals surface area contributed by atoms with Crippen molar-refractivity contribution in [3.63, 3.8) is 0 Å². The zero-order chi connectivity index (χ0) is 6.27. The normalized spacial score (nSPS) is 43.7. The average Bonchev–Trinajstić information content (AvgIpc) is 2.35. The Morgan fingerprint density at radius 2 is 2.11 bits per heavy atom. The van der Waals surface area contributed by atoms with Crippen LogP contribution >= 0.6 is 0 Å². The predicted octanol–water partition coefficient (Wildman–Crippen LogP) is 0.182. The second-order valence-corrected chi connectivity index (χ2v) is 3.20. The first kappa shape index (κ1) is 5.69. The summed E-state index contributed by atoms with van der Waals surface area (Å²) in [7, 11) is 0. The van der Waals surface area contributed by atoms with Crippen molar-refractivity contribution in [2.75, 3.05) is 13.1 Å². The predicted molar refractivity (Wildman–Crippen MR) is 37.2 cm³/mol. The molecule has 52 valence electrons. The molecule has 2 N–H and O–H groups in total. The van der Waals surface area contributed by atoms with E-state index in [0.29, 0.717) is 6.04 Å². The lowest BCUT2D eigenvalue weighted by Gasteiger charge is -2.15. The van der Waals surface area contributed by atoms with Gasteiger partial charge < -0.3 is 5.73 Å². The van der Waals surface area contributed by atoms with Crippen LogP contribution in [0.5, 0.6) is 0 Å². The first-order valence-electron chi connectivity index (χ1n) is 3.87. The number of nitrogens with zero attached hydrogens (tertiary/aromatic N) is 1. The molecule has 2 nitrogen and oxygen atoms in total. The van der Waals surface area contributed by atoms with Gasteiger partial charge in [0.25, 0.3) is 0 Å². The van der Waals surface area contributed by atoms with Crippen LogP contribution in [0.15, 0.2) is 0 Å². The number of nitrogens with two attached hydrogens (primary N) is 1. The summed E-state index contributed by atoms with van der Waals surface area (Å²) in [6.45, 7) is 2.56. The highest BCUT2D eigenvalue weighted by atomic mass is 15.2. The Hall–Kier alpha value is -0.0800. The highest BCUT2D eigenvalue weighted by Gasteiger charge is 2.34. The second-order valence-electron chi connectivity index (χ2n) is 3.20. The Morgan fingerprint density at radius 3 is 2.89 bits per heavy atom. The molecule has 0 aliphatic carbocycles. The Balaban J connectivity index is 2.07. The van der Waals surface area contributed by atoms with E-state index in [2.05, 4.69) is 4.90 Å². The molecule has 2 saturated heterocycles. The van der Waals surface area contributed by atoms with Crippen molar-refractivity contribution in [2.45, 2.75) is 31.3 Å². The fourth-order valence-electron chi connectivity index (χ4n) is 2.12. The average molecular weight is 126 g/mol. The monoisotopic (exact) mass is 126 g/mol. The van der Waals surface area contributed by atoms with E-state index < -0.39 is 0 Å². The van der Waals surface area contributed by atoms with Crippen LogP contribution in [-0.4, -0.2) is 30.1 Å². The second kappa shape index (κ2) is 1.96. The van der Waals surface area contributed by atoms with Gasteiger partial charge in [0.05, 0.1) is 0 Å². The van der Waals surface area contributed by atoms with Crippen molar-refractivity contribution in [1.82, 2.24) is 4.90 Å². The molecule has 2 aliphatic heterocycles. The summed E-state index contributed by atoms with van der Waals surface area (Å²) in [5.74, 6) is 0. The molecular weight excluding hydrogens is 112 g/mol. The SMILES string of the molecule is NC1CCN2CCC[C@H]12. The van der Waals surface area contributed by atoms with E-state index in [4.69, 9.17) is 5.73 Å². The number of fused-ring (bicyclic) bond motifs is 1. The molecule has 2 fully saturated rings. The molecule has 2 heteroatoms. The Labute approximate surface area is 56.0 Å². The third-order valence-corrected chi connectivity index (χ3v) is 2.66. The van der Waals surface area contributed by atoms with Crippen molar-refractivity contribution in [3.8, 4) is 0 Å². The molecule has 2 atom stereocenters. The summed E-state index contributed by atoms with van der Waals surface area (Å²) < 4.78 is 0. The van der Waals surface area contributed by atoms with Gasteiger partial charge in [-0.15, -0.1) is 0 Å². The van der Waals surface area contributed by atoms with Crippen LogP contribution in [0.25, 0.3) is 0 Å². The number of rotatable bonds is 0. The maximum Gasteiger partial charge on any atom is 0.0248 e. The molecule has 0 spiro atoms. The van der Waals surface area contributed by atoms with E-state index in [1.54, 1.807) is 0 Å². The third-order valence-electron chi connectivity index (χ3n) is 2.66. The Morgan fingerprint density at radius 1 is 1.22 bits per heavy atom. The van der Waals surface area contributed by atoms with E-state index in [-0.39, 0.29) is 0 Å². The summed E-state index contributed by atoms with van der Waals surface area (Å²) in [5, 5.41) is 0. The minimum absolute atomic E-state index is 0.493. The highest BCUT2D eigenvalue weighted by Crippen LogP contribution is 2.26. The van der Waals surface area contributed by atoms with Gasteiger partial charge in [0.1, 0.15) is 0 Å². The topological polar surface area (TPSA) is 29.3 Å². The van der Waals surface area contributed by atoms with Crippen LogP contribution in [0.1, 0.15) is 19.3 Å². The molecule has 2 aliphatic rings. The van der Waals surface area contributed by atoms with Gasteiger partial charge in [0.2, 0.25) is 0 Å². The van der Waals surface area contributed by atoms with E-state index >= 15 is 0 Å². The fraction of sp³-hybridized carbons (Fsp3) is 1.00. The van der Waals surface area contributed by atoms with Crippen molar-refractivity contribution < 1.29 is 0 Å². The molecular formula is C7H14N2. The first-order valence-corrected chi connectivity index (χ1v) is 3.87. The third kappa shape index (κ3) is 0.775. The Bertz CT molecular complexity index is 113. The van der Waals surface area contributed by atoms with Crippen molar-refractivity contribution >= 4 is 0 Å². The van der Waals surface area contributed by atoms with Crippen LogP contribution < -0.4 is 5.73 Å². The smallest absolute Gasteiger partial charge is 0.0248 e. The maximum atomic E-state index is 5.88. The van der Waals surface area contributed by atoms with E-state index in [1.807, 2.05) is 0 Å². The van der Waals surface area contributed by atoms with E-state index in [1.165, 1.54) is 32.4 Å². The summed E-state index contributed by atoms with van der Waals surface area (Å²) in [4.78, 5) is 2.53. The molecule has 0 aromatic carbocycles. The molecule has 0 saturated carbocycles. The van der Waals surface area contributed by atoms with E-state index in [9.17, 15) is 0 Å². The lowest BCUT2D eigenvalue weighted by Crippen LogP contribution is -2.34. The van der Waals surface area contributed by atoms with Crippen molar-refractivity contribution in [1.29, 1.82) is 0 Å². The van der Waals surface area contributed by atoms with Crippen LogP contribution in [0.4, 0.5) is 0 Å². The van der Waals surface area contributed by atoms with Crippen LogP contribution in [0, 0.1) is 0 Å². The van der Waals surface area contributed by atoms with E-state index in [0.717, 1.165) is 6.04 Å². The molecule has 0 aromatic heterocycles. The molecule has 0 radical (unpaired) electrons. The summed E-state index contributed by atoms with van der Waals surface area (Å²) >= 11 is 0. The van der Waals surface area contributed by atoms with Crippen molar-refractivity contribution in [3.05, 3.63) is 0 Å². The minimum atomic E-state index is 0.493. The van der Waals surface area contributed by atoms with Gasteiger partial charge >= 0.3 is 0 Å². The minimum Gasteiger partial charge on any atom is -0.326 e. The number of hydrogen-bond acceptors (Lipinski definition) is 2. The molecule has 0 amide bonds. The first-order chi connectivity index (χ1) is 4.38. The zero-order valence-corrected chi connectivity index (χ0v) is 5.71.